The van der Waals surface area contributed by atoms with E-state index in [1.54, 1.807) is 12.1 Å². The molecule has 0 unspecified atom stereocenters. The highest BCUT2D eigenvalue weighted by molar-refractivity contribution is 9.10. The first-order chi connectivity index (χ1) is 12.2. The number of halogens is 1. The molecule has 0 bridgehead atoms. The highest BCUT2D eigenvalue weighted by atomic mass is 79.9. The number of nitrogens with one attached hydrogen (secondary N) is 1. The second-order valence-electron chi connectivity index (χ2n) is 7.01. The largest absolute Gasteiger partial charge is 0.379 e. The summed E-state index contributed by atoms with van der Waals surface area (Å²) in [6, 6.07) is 4.72. The number of benzene rings is 1. The number of hydrogen-bond donors (Lipinski definition) is 1. The van der Waals surface area contributed by atoms with E-state index in [4.69, 9.17) is 4.74 Å². The SMILES string of the molecule is CC(C)CC[C@@H](C)NC(=O)c1ccc(Br)c(S(=O)(=O)N2CCOCC2)c1. The first-order valence-corrected chi connectivity index (χ1v) is 11.1. The molecule has 8 heteroatoms. The quantitative estimate of drug-likeness (QED) is 0.697. The van der Waals surface area contributed by atoms with Gasteiger partial charge in [0.1, 0.15) is 0 Å². The molecule has 146 valence electrons. The lowest BCUT2D eigenvalue weighted by Gasteiger charge is -2.26. The molecule has 1 fully saturated rings. The highest BCUT2D eigenvalue weighted by Gasteiger charge is 2.29. The molecule has 0 aliphatic carbocycles. The summed E-state index contributed by atoms with van der Waals surface area (Å²) in [5, 5.41) is 2.95. The van der Waals surface area contributed by atoms with Gasteiger partial charge < -0.3 is 10.1 Å². The molecule has 0 radical (unpaired) electrons. The van der Waals surface area contributed by atoms with E-state index in [0.29, 0.717) is 42.3 Å². The third kappa shape index (κ3) is 5.52. The van der Waals surface area contributed by atoms with Crippen molar-refractivity contribution in [2.75, 3.05) is 26.3 Å². The molecule has 1 aromatic rings. The molecule has 6 nitrogen and oxygen atoms in total. The fraction of sp³-hybridized carbons (Fsp3) is 0.611. The number of carbonyl (C=O) groups excluding carboxylic acids is 1. The average Bonchev–Trinajstić information content (AvgIpc) is 2.60. The topological polar surface area (TPSA) is 75.7 Å². The molecule has 1 saturated heterocycles. The molecule has 0 saturated carbocycles. The Hall–Kier alpha value is -0.960. The van der Waals surface area contributed by atoms with E-state index >= 15 is 0 Å². The summed E-state index contributed by atoms with van der Waals surface area (Å²) in [5.41, 5.74) is 0.344. The minimum Gasteiger partial charge on any atom is -0.379 e. The Morgan fingerprint density at radius 3 is 2.50 bits per heavy atom. The lowest BCUT2D eigenvalue weighted by Crippen LogP contribution is -2.40. The van der Waals surface area contributed by atoms with Crippen LogP contribution >= 0.6 is 15.9 Å². The smallest absolute Gasteiger partial charge is 0.251 e. The minimum absolute atomic E-state index is 0.0350. The van der Waals surface area contributed by atoms with Crippen LogP contribution in [0.4, 0.5) is 0 Å². The van der Waals surface area contributed by atoms with Crippen LogP contribution < -0.4 is 5.32 Å². The van der Waals surface area contributed by atoms with Gasteiger partial charge in [-0.05, 0) is 59.8 Å². The van der Waals surface area contributed by atoms with Gasteiger partial charge in [0.25, 0.3) is 5.91 Å². The molecule has 1 heterocycles. The van der Waals surface area contributed by atoms with Gasteiger partial charge in [0, 0.05) is 29.2 Å². The molecule has 0 spiro atoms. The van der Waals surface area contributed by atoms with Crippen LogP contribution in [0.15, 0.2) is 27.6 Å². The number of hydrogen-bond acceptors (Lipinski definition) is 4. The van der Waals surface area contributed by atoms with E-state index in [9.17, 15) is 13.2 Å². The van der Waals surface area contributed by atoms with Crippen molar-refractivity contribution >= 4 is 31.9 Å². The molecule has 1 amide bonds. The molecule has 26 heavy (non-hydrogen) atoms. The first-order valence-electron chi connectivity index (χ1n) is 8.90. The van der Waals surface area contributed by atoms with Crippen LogP contribution in [0.5, 0.6) is 0 Å². The van der Waals surface area contributed by atoms with Crippen LogP contribution in [-0.4, -0.2) is 51.0 Å². The van der Waals surface area contributed by atoms with Gasteiger partial charge in [-0.15, -0.1) is 0 Å². The number of nitrogens with zero attached hydrogens (tertiary/aromatic N) is 1. The number of morpholine rings is 1. The van der Waals surface area contributed by atoms with Crippen molar-refractivity contribution in [2.24, 2.45) is 5.92 Å². The van der Waals surface area contributed by atoms with E-state index in [1.807, 2.05) is 6.92 Å². The molecule has 1 aromatic carbocycles. The van der Waals surface area contributed by atoms with Crippen LogP contribution in [0.25, 0.3) is 0 Å². The van der Waals surface area contributed by atoms with E-state index in [1.165, 1.54) is 10.4 Å². The van der Waals surface area contributed by atoms with Gasteiger partial charge in [0.15, 0.2) is 0 Å². The molecular formula is C18H27BrN2O4S. The van der Waals surface area contributed by atoms with Crippen molar-refractivity contribution in [3.8, 4) is 0 Å². The Balaban J connectivity index is 2.17. The monoisotopic (exact) mass is 446 g/mol. The Morgan fingerprint density at radius 2 is 1.88 bits per heavy atom. The Labute approximate surface area is 164 Å². The van der Waals surface area contributed by atoms with Crippen molar-refractivity contribution in [2.45, 2.75) is 44.6 Å². The van der Waals surface area contributed by atoms with Crippen molar-refractivity contribution in [1.82, 2.24) is 9.62 Å². The van der Waals surface area contributed by atoms with Crippen molar-refractivity contribution < 1.29 is 17.9 Å². The Morgan fingerprint density at radius 1 is 1.23 bits per heavy atom. The van der Waals surface area contributed by atoms with E-state index in [0.717, 1.165) is 12.8 Å². The summed E-state index contributed by atoms with van der Waals surface area (Å²) in [5.74, 6) is 0.319. The van der Waals surface area contributed by atoms with E-state index in [2.05, 4.69) is 35.1 Å². The standard InChI is InChI=1S/C18H27BrN2O4S/c1-13(2)4-5-14(3)20-18(22)15-6-7-16(19)17(12-15)26(23,24)21-8-10-25-11-9-21/h6-7,12-14H,4-5,8-11H2,1-3H3,(H,20,22)/t14-/m1/s1. The molecule has 1 aliphatic rings. The van der Waals surface area contributed by atoms with Gasteiger partial charge in [-0.25, -0.2) is 8.42 Å². The summed E-state index contributed by atoms with van der Waals surface area (Å²) in [6.45, 7) is 7.65. The predicted octanol–water partition coefficient (Wildman–Crippen LogP) is 3.02. The average molecular weight is 447 g/mol. The van der Waals surface area contributed by atoms with Crippen molar-refractivity contribution in [1.29, 1.82) is 0 Å². The third-order valence-corrected chi connectivity index (χ3v) is 7.23. The summed E-state index contributed by atoms with van der Waals surface area (Å²) < 4.78 is 32.9. The van der Waals surface area contributed by atoms with Gasteiger partial charge in [-0.2, -0.15) is 4.31 Å². The lowest BCUT2D eigenvalue weighted by molar-refractivity contribution is 0.0730. The van der Waals surface area contributed by atoms with E-state index in [-0.39, 0.29) is 16.8 Å². The van der Waals surface area contributed by atoms with E-state index < -0.39 is 10.0 Å². The number of amides is 1. The first kappa shape index (κ1) is 21.3. The molecule has 2 rings (SSSR count). The summed E-state index contributed by atoms with van der Waals surface area (Å²) in [4.78, 5) is 12.6. The van der Waals surface area contributed by atoms with Gasteiger partial charge in [-0.3, -0.25) is 4.79 Å². The maximum atomic E-state index is 12.9. The number of carbonyl (C=O) groups is 1. The Bertz CT molecular complexity index is 731. The fourth-order valence-electron chi connectivity index (χ4n) is 2.73. The zero-order valence-corrected chi connectivity index (χ0v) is 17.9. The Kier molecular flexibility index (Phi) is 7.63. The number of sulfonamides is 1. The van der Waals surface area contributed by atoms with Crippen molar-refractivity contribution in [3.63, 3.8) is 0 Å². The molecule has 1 N–H and O–H groups in total. The predicted molar refractivity (Wildman–Crippen MR) is 105 cm³/mol. The number of rotatable bonds is 7. The normalized spacial score (nSPS) is 17.3. The van der Waals surface area contributed by atoms with Crippen LogP contribution in [0.2, 0.25) is 0 Å². The molecule has 0 aromatic heterocycles. The molecule has 1 atom stereocenters. The fourth-order valence-corrected chi connectivity index (χ4v) is 5.09. The molecule has 1 aliphatic heterocycles. The maximum absolute atomic E-state index is 12.9. The summed E-state index contributed by atoms with van der Waals surface area (Å²) in [7, 11) is -3.67. The van der Waals surface area contributed by atoms with Crippen LogP contribution in [0.1, 0.15) is 44.0 Å². The molecular weight excluding hydrogens is 420 g/mol. The number of ether oxygens (including phenoxy) is 1. The minimum atomic E-state index is -3.67. The van der Waals surface area contributed by atoms with Crippen LogP contribution in [-0.2, 0) is 14.8 Å². The van der Waals surface area contributed by atoms with Crippen molar-refractivity contribution in [3.05, 3.63) is 28.2 Å². The summed E-state index contributed by atoms with van der Waals surface area (Å²) in [6.07, 6.45) is 1.91. The zero-order chi connectivity index (χ0) is 19.3. The van der Waals surface area contributed by atoms with Crippen LogP contribution in [0, 0.1) is 5.92 Å². The lowest BCUT2D eigenvalue weighted by atomic mass is 10.0. The van der Waals surface area contributed by atoms with Gasteiger partial charge in [0.2, 0.25) is 10.0 Å². The van der Waals surface area contributed by atoms with Gasteiger partial charge >= 0.3 is 0 Å². The highest BCUT2D eigenvalue weighted by Crippen LogP contribution is 2.27. The third-order valence-electron chi connectivity index (χ3n) is 4.34. The zero-order valence-electron chi connectivity index (χ0n) is 15.5. The maximum Gasteiger partial charge on any atom is 0.251 e. The summed E-state index contributed by atoms with van der Waals surface area (Å²) >= 11 is 3.30. The second kappa shape index (κ2) is 9.30. The van der Waals surface area contributed by atoms with Crippen LogP contribution in [0.3, 0.4) is 0 Å². The van der Waals surface area contributed by atoms with Gasteiger partial charge in [-0.1, -0.05) is 13.8 Å². The van der Waals surface area contributed by atoms with Gasteiger partial charge in [0.05, 0.1) is 18.1 Å². The second-order valence-corrected chi connectivity index (χ2v) is 9.77.